The summed E-state index contributed by atoms with van der Waals surface area (Å²) in [6, 6.07) is 0. The van der Waals surface area contributed by atoms with Gasteiger partial charge in [0.1, 0.15) is 0 Å². The highest BCUT2D eigenvalue weighted by atomic mass is 16.4. The second kappa shape index (κ2) is 16.7. The Bertz CT molecular complexity index is 250. The lowest BCUT2D eigenvalue weighted by Gasteiger charge is -2.14. The number of unbranched alkanes of at least 4 members (excludes halogenated alkanes) is 8. The van der Waals surface area contributed by atoms with E-state index in [4.69, 9.17) is 5.11 Å². The molecule has 5 nitrogen and oxygen atoms in total. The Morgan fingerprint density at radius 3 is 2.05 bits per heavy atom. The fraction of sp³-hybridized carbons (Fsp3) is 0.941. The fourth-order valence-electron chi connectivity index (χ4n) is 2.38. The molecule has 5 heteroatoms. The molecule has 0 aliphatic carbocycles. The molecule has 0 amide bonds. The van der Waals surface area contributed by atoms with Crippen molar-refractivity contribution in [2.24, 2.45) is 0 Å². The van der Waals surface area contributed by atoms with Crippen LogP contribution in [0.3, 0.4) is 0 Å². The summed E-state index contributed by atoms with van der Waals surface area (Å²) in [5.74, 6) is -0.822. The van der Waals surface area contributed by atoms with E-state index in [1.54, 1.807) is 0 Å². The maximum atomic E-state index is 10.4. The number of nitrogens with one attached hydrogen (secondary N) is 3. The molecule has 22 heavy (non-hydrogen) atoms. The van der Waals surface area contributed by atoms with Crippen molar-refractivity contribution < 1.29 is 9.90 Å². The Morgan fingerprint density at radius 2 is 1.45 bits per heavy atom. The largest absolute Gasteiger partial charge is 0.480 e. The minimum Gasteiger partial charge on any atom is -0.480 e. The first-order valence-electron chi connectivity index (χ1n) is 9.06. The van der Waals surface area contributed by atoms with Crippen LogP contribution in [0, 0.1) is 0 Å². The van der Waals surface area contributed by atoms with Gasteiger partial charge in [-0.25, -0.2) is 0 Å². The summed E-state index contributed by atoms with van der Waals surface area (Å²) in [5.41, 5.74) is 0. The Balaban J connectivity index is 3.09. The molecule has 0 aliphatic heterocycles. The van der Waals surface area contributed by atoms with Crippen LogP contribution in [0.15, 0.2) is 0 Å². The van der Waals surface area contributed by atoms with Gasteiger partial charge >= 0.3 is 5.97 Å². The van der Waals surface area contributed by atoms with Gasteiger partial charge in [-0.15, -0.1) is 0 Å². The fourth-order valence-corrected chi connectivity index (χ4v) is 2.38. The maximum Gasteiger partial charge on any atom is 0.317 e. The van der Waals surface area contributed by atoms with Crippen molar-refractivity contribution in [3.63, 3.8) is 0 Å². The zero-order valence-corrected chi connectivity index (χ0v) is 14.6. The van der Waals surface area contributed by atoms with Gasteiger partial charge in [0.05, 0.1) is 12.7 Å². The molecule has 0 aromatic heterocycles. The number of carbonyl (C=O) groups is 1. The molecule has 0 rings (SSSR count). The molecule has 0 radical (unpaired) electrons. The molecular formula is C17H37N3O2. The summed E-state index contributed by atoms with van der Waals surface area (Å²) >= 11 is 0. The van der Waals surface area contributed by atoms with Gasteiger partial charge in [-0.1, -0.05) is 58.3 Å². The van der Waals surface area contributed by atoms with Crippen molar-refractivity contribution in [3.05, 3.63) is 0 Å². The molecule has 0 spiro atoms. The summed E-state index contributed by atoms with van der Waals surface area (Å²) in [4.78, 5) is 10.4. The first-order valence-corrected chi connectivity index (χ1v) is 9.06. The molecule has 132 valence electrons. The number of carboxylic acids is 1. The molecular weight excluding hydrogens is 278 g/mol. The molecule has 1 atom stereocenters. The summed E-state index contributed by atoms with van der Waals surface area (Å²) in [5, 5.41) is 18.1. The zero-order chi connectivity index (χ0) is 16.5. The van der Waals surface area contributed by atoms with Crippen molar-refractivity contribution in [1.29, 1.82) is 0 Å². The van der Waals surface area contributed by atoms with Crippen LogP contribution in [0.1, 0.15) is 71.6 Å². The molecule has 0 fully saturated rings. The highest BCUT2D eigenvalue weighted by Crippen LogP contribution is 2.09. The number of aliphatic carboxylic acids is 1. The second-order valence-electron chi connectivity index (χ2n) is 6.03. The molecule has 0 aromatic carbocycles. The Morgan fingerprint density at radius 1 is 0.864 bits per heavy atom. The van der Waals surface area contributed by atoms with Crippen LogP contribution in [0.2, 0.25) is 0 Å². The average Bonchev–Trinajstić information content (AvgIpc) is 2.49. The normalized spacial score (nSPS) is 12.5. The SMILES string of the molecule is CCCCCCCCCCCNCCNC(C)NCC(=O)O. The third-order valence-corrected chi connectivity index (χ3v) is 3.77. The predicted octanol–water partition coefficient (Wildman–Crippen LogP) is 2.72. The Kier molecular flexibility index (Phi) is 16.2. The van der Waals surface area contributed by atoms with Gasteiger partial charge in [0.15, 0.2) is 0 Å². The molecule has 0 saturated heterocycles. The smallest absolute Gasteiger partial charge is 0.317 e. The van der Waals surface area contributed by atoms with Crippen LogP contribution >= 0.6 is 0 Å². The van der Waals surface area contributed by atoms with Crippen LogP contribution < -0.4 is 16.0 Å². The van der Waals surface area contributed by atoms with E-state index < -0.39 is 5.97 Å². The third kappa shape index (κ3) is 17.4. The van der Waals surface area contributed by atoms with Gasteiger partial charge in [-0.3, -0.25) is 10.1 Å². The molecule has 0 bridgehead atoms. The summed E-state index contributed by atoms with van der Waals surface area (Å²) in [6.45, 7) is 7.05. The topological polar surface area (TPSA) is 73.4 Å². The lowest BCUT2D eigenvalue weighted by Crippen LogP contribution is -2.44. The van der Waals surface area contributed by atoms with Crippen LogP contribution in [-0.4, -0.2) is 43.4 Å². The Hall–Kier alpha value is -0.650. The number of hydrogen-bond acceptors (Lipinski definition) is 4. The van der Waals surface area contributed by atoms with E-state index in [-0.39, 0.29) is 12.7 Å². The van der Waals surface area contributed by atoms with Gasteiger partial charge in [0.2, 0.25) is 0 Å². The average molecular weight is 316 g/mol. The molecule has 0 saturated carbocycles. The van der Waals surface area contributed by atoms with E-state index >= 15 is 0 Å². The predicted molar refractivity (Wildman–Crippen MR) is 93.2 cm³/mol. The van der Waals surface area contributed by atoms with Crippen LogP contribution in [0.5, 0.6) is 0 Å². The van der Waals surface area contributed by atoms with Gasteiger partial charge in [-0.05, 0) is 19.9 Å². The molecule has 0 aromatic rings. The van der Waals surface area contributed by atoms with Crippen molar-refractivity contribution in [2.75, 3.05) is 26.2 Å². The molecule has 0 heterocycles. The minimum atomic E-state index is -0.822. The van der Waals surface area contributed by atoms with E-state index in [1.807, 2.05) is 6.92 Å². The lowest BCUT2D eigenvalue weighted by molar-refractivity contribution is -0.136. The summed E-state index contributed by atoms with van der Waals surface area (Å²) in [6.07, 6.45) is 12.3. The molecule has 0 aliphatic rings. The van der Waals surface area contributed by atoms with Crippen LogP contribution in [-0.2, 0) is 4.79 Å². The van der Waals surface area contributed by atoms with Gasteiger partial charge < -0.3 is 15.7 Å². The molecule has 1 unspecified atom stereocenters. The Labute approximate surface area is 136 Å². The van der Waals surface area contributed by atoms with Gasteiger partial charge in [0.25, 0.3) is 0 Å². The van der Waals surface area contributed by atoms with Gasteiger partial charge in [0, 0.05) is 13.1 Å². The molecule has 4 N–H and O–H groups in total. The van der Waals surface area contributed by atoms with Gasteiger partial charge in [-0.2, -0.15) is 0 Å². The number of carboxylic acid groups (broad SMARTS) is 1. The van der Waals surface area contributed by atoms with E-state index in [1.165, 1.54) is 57.8 Å². The quantitative estimate of drug-likeness (QED) is 0.245. The standard InChI is InChI=1S/C17H37N3O2/c1-3-4-5-6-7-8-9-10-11-12-18-13-14-19-16(2)20-15-17(21)22/h16,18-20H,3-15H2,1-2H3,(H,21,22). The minimum absolute atomic E-state index is 0.0000394. The van der Waals surface area contributed by atoms with E-state index in [9.17, 15) is 4.79 Å². The van der Waals surface area contributed by atoms with Crippen molar-refractivity contribution >= 4 is 5.97 Å². The summed E-state index contributed by atoms with van der Waals surface area (Å²) < 4.78 is 0. The van der Waals surface area contributed by atoms with Crippen LogP contribution in [0.25, 0.3) is 0 Å². The van der Waals surface area contributed by atoms with Crippen molar-refractivity contribution in [2.45, 2.75) is 77.8 Å². The highest BCUT2D eigenvalue weighted by Gasteiger charge is 2.01. The number of rotatable bonds is 17. The van der Waals surface area contributed by atoms with Crippen molar-refractivity contribution in [1.82, 2.24) is 16.0 Å². The van der Waals surface area contributed by atoms with E-state index in [0.29, 0.717) is 0 Å². The first-order chi connectivity index (χ1) is 10.7. The third-order valence-electron chi connectivity index (χ3n) is 3.77. The lowest BCUT2D eigenvalue weighted by atomic mass is 10.1. The van der Waals surface area contributed by atoms with E-state index in [2.05, 4.69) is 22.9 Å². The van der Waals surface area contributed by atoms with Crippen LogP contribution in [0.4, 0.5) is 0 Å². The second-order valence-corrected chi connectivity index (χ2v) is 6.03. The summed E-state index contributed by atoms with van der Waals surface area (Å²) in [7, 11) is 0. The van der Waals surface area contributed by atoms with Crippen molar-refractivity contribution in [3.8, 4) is 0 Å². The monoisotopic (exact) mass is 315 g/mol. The highest BCUT2D eigenvalue weighted by molar-refractivity contribution is 5.69. The zero-order valence-electron chi connectivity index (χ0n) is 14.6. The van der Waals surface area contributed by atoms with E-state index in [0.717, 1.165) is 19.6 Å². The number of hydrogen-bond donors (Lipinski definition) is 4. The first kappa shape index (κ1) is 21.4. The maximum absolute atomic E-state index is 10.4.